The second-order valence-corrected chi connectivity index (χ2v) is 5.80. The fraction of sp³-hybridized carbons (Fsp3) is 0.571. The lowest BCUT2D eigenvalue weighted by Crippen LogP contribution is -2.34. The van der Waals surface area contributed by atoms with Crippen molar-refractivity contribution in [2.45, 2.75) is 39.2 Å². The van der Waals surface area contributed by atoms with Crippen molar-refractivity contribution in [2.75, 3.05) is 0 Å². The normalized spacial score (nSPS) is 28.2. The summed E-state index contributed by atoms with van der Waals surface area (Å²) in [6.45, 7) is -0.618. The van der Waals surface area contributed by atoms with Crippen molar-refractivity contribution >= 4 is 12.4 Å². The molecule has 2 atom stereocenters. The van der Waals surface area contributed by atoms with Crippen molar-refractivity contribution in [3.8, 4) is 5.75 Å². The summed E-state index contributed by atoms with van der Waals surface area (Å²) in [6, 6.07) is 5.23. The summed E-state index contributed by atoms with van der Waals surface area (Å²) in [5, 5.41) is 0. The third-order valence-electron chi connectivity index (χ3n) is 3.67. The quantitative estimate of drug-likeness (QED) is 0.756. The van der Waals surface area contributed by atoms with Gasteiger partial charge in [-0.05, 0) is 43.2 Å². The van der Waals surface area contributed by atoms with Crippen LogP contribution in [0.3, 0.4) is 0 Å². The van der Waals surface area contributed by atoms with Crippen LogP contribution in [0.1, 0.15) is 33.1 Å². The van der Waals surface area contributed by atoms with E-state index in [1.807, 2.05) is 0 Å². The van der Waals surface area contributed by atoms with Crippen molar-refractivity contribution in [1.82, 2.24) is 0 Å². The molecule has 2 rings (SSSR count). The molecule has 1 aliphatic rings. The second kappa shape index (κ2) is 5.47. The van der Waals surface area contributed by atoms with Gasteiger partial charge in [-0.3, -0.25) is 0 Å². The highest BCUT2D eigenvalue weighted by Gasteiger charge is 2.27. The SMILES string of the molecule is CC1CC(C)CC(Oc2cccc([B-](F)(F)F)c2)C1. The first kappa shape index (κ1) is 14.3. The zero-order valence-electron chi connectivity index (χ0n) is 11.3. The summed E-state index contributed by atoms with van der Waals surface area (Å²) in [4.78, 5) is 0. The number of hydrogen-bond acceptors (Lipinski definition) is 1. The lowest BCUT2D eigenvalue weighted by Gasteiger charge is -2.32. The molecule has 1 fully saturated rings. The summed E-state index contributed by atoms with van der Waals surface area (Å²) in [5.41, 5.74) is -0.589. The topological polar surface area (TPSA) is 9.23 Å². The molecule has 0 saturated heterocycles. The predicted molar refractivity (Wildman–Crippen MR) is 71.7 cm³/mol. The highest BCUT2D eigenvalue weighted by Crippen LogP contribution is 2.31. The highest BCUT2D eigenvalue weighted by molar-refractivity contribution is 6.73. The van der Waals surface area contributed by atoms with Crippen molar-refractivity contribution in [2.24, 2.45) is 11.8 Å². The van der Waals surface area contributed by atoms with Crippen molar-refractivity contribution in [3.63, 3.8) is 0 Å². The molecule has 0 aliphatic heterocycles. The van der Waals surface area contributed by atoms with Gasteiger partial charge in [0.1, 0.15) is 5.75 Å². The van der Waals surface area contributed by atoms with Gasteiger partial charge in [0.05, 0.1) is 6.10 Å². The number of ether oxygens (including phenoxy) is 1. The number of benzene rings is 1. The zero-order valence-corrected chi connectivity index (χ0v) is 11.3. The van der Waals surface area contributed by atoms with Gasteiger partial charge in [-0.1, -0.05) is 26.0 Å². The van der Waals surface area contributed by atoms with Gasteiger partial charge in [-0.15, -0.1) is 5.46 Å². The van der Waals surface area contributed by atoms with Gasteiger partial charge in [0.2, 0.25) is 0 Å². The summed E-state index contributed by atoms with van der Waals surface area (Å²) >= 11 is 0. The molecule has 5 heteroatoms. The largest absolute Gasteiger partial charge is 0.509 e. The van der Waals surface area contributed by atoms with E-state index in [4.69, 9.17) is 4.74 Å². The van der Waals surface area contributed by atoms with Gasteiger partial charge in [-0.25, -0.2) is 0 Å². The van der Waals surface area contributed by atoms with Crippen LogP contribution in [0.25, 0.3) is 0 Å². The van der Waals surface area contributed by atoms with Gasteiger partial charge < -0.3 is 17.7 Å². The number of halogens is 3. The van der Waals surface area contributed by atoms with Crippen LogP contribution in [0.4, 0.5) is 12.9 Å². The fourth-order valence-electron chi connectivity index (χ4n) is 2.95. The molecule has 1 nitrogen and oxygen atoms in total. The minimum atomic E-state index is -4.95. The van der Waals surface area contributed by atoms with Gasteiger partial charge in [-0.2, -0.15) is 0 Å². The molecule has 0 radical (unpaired) electrons. The molecule has 0 amide bonds. The lowest BCUT2D eigenvalue weighted by molar-refractivity contribution is 0.101. The first-order valence-corrected chi connectivity index (χ1v) is 6.81. The van der Waals surface area contributed by atoms with Crippen LogP contribution in [0, 0.1) is 11.8 Å². The molecule has 0 heterocycles. The van der Waals surface area contributed by atoms with Crippen molar-refractivity contribution in [1.29, 1.82) is 0 Å². The average molecular weight is 271 g/mol. The molecule has 106 valence electrons. The van der Waals surface area contributed by atoms with Crippen LogP contribution >= 0.6 is 0 Å². The van der Waals surface area contributed by atoms with E-state index in [0.29, 0.717) is 17.6 Å². The van der Waals surface area contributed by atoms with Crippen LogP contribution in [0.15, 0.2) is 24.3 Å². The maximum atomic E-state index is 12.7. The number of hydrogen-bond donors (Lipinski definition) is 0. The second-order valence-electron chi connectivity index (χ2n) is 5.80. The molecular formula is C14H19BF3O-. The minimum absolute atomic E-state index is 0.0368. The van der Waals surface area contributed by atoms with Crippen LogP contribution in [-0.4, -0.2) is 13.1 Å². The molecule has 1 aromatic carbocycles. The Balaban J connectivity index is 2.07. The van der Waals surface area contributed by atoms with Crippen molar-refractivity contribution in [3.05, 3.63) is 24.3 Å². The Hall–Kier alpha value is -1.13. The first-order chi connectivity index (χ1) is 8.84. The van der Waals surface area contributed by atoms with Gasteiger partial charge in [0, 0.05) is 0 Å². The Morgan fingerprint density at radius 2 is 1.68 bits per heavy atom. The Morgan fingerprint density at radius 1 is 1.05 bits per heavy atom. The molecule has 1 aliphatic carbocycles. The molecular weight excluding hydrogens is 252 g/mol. The molecule has 0 aromatic heterocycles. The van der Waals surface area contributed by atoms with Gasteiger partial charge in [0.15, 0.2) is 0 Å². The summed E-state index contributed by atoms with van der Waals surface area (Å²) in [5.74, 6) is 1.48. The molecule has 1 saturated carbocycles. The van der Waals surface area contributed by atoms with Gasteiger partial charge in [0.25, 0.3) is 0 Å². The lowest BCUT2D eigenvalue weighted by atomic mass is 9.80. The van der Waals surface area contributed by atoms with Crippen molar-refractivity contribution < 1.29 is 17.7 Å². The highest BCUT2D eigenvalue weighted by atomic mass is 19.4. The van der Waals surface area contributed by atoms with E-state index < -0.39 is 12.4 Å². The summed E-state index contributed by atoms with van der Waals surface area (Å²) in [6.07, 6.45) is 3.05. The van der Waals surface area contributed by atoms with E-state index in [-0.39, 0.29) is 6.10 Å². The van der Waals surface area contributed by atoms with Gasteiger partial charge >= 0.3 is 6.98 Å². The maximum absolute atomic E-state index is 12.7. The maximum Gasteiger partial charge on any atom is 0.509 e. The molecule has 0 bridgehead atoms. The van der Waals surface area contributed by atoms with E-state index in [9.17, 15) is 12.9 Å². The summed E-state index contributed by atoms with van der Waals surface area (Å²) in [7, 11) is 0. The monoisotopic (exact) mass is 271 g/mol. The minimum Gasteiger partial charge on any atom is -0.491 e. The van der Waals surface area contributed by atoms with Crippen LogP contribution in [-0.2, 0) is 0 Å². The van der Waals surface area contributed by atoms with Crippen LogP contribution in [0.5, 0.6) is 5.75 Å². The molecule has 19 heavy (non-hydrogen) atoms. The zero-order chi connectivity index (χ0) is 14.0. The first-order valence-electron chi connectivity index (χ1n) is 6.81. The molecule has 2 unspecified atom stereocenters. The third-order valence-corrected chi connectivity index (χ3v) is 3.67. The van der Waals surface area contributed by atoms with E-state index in [0.717, 1.165) is 25.0 Å². The predicted octanol–water partition coefficient (Wildman–Crippen LogP) is 3.94. The smallest absolute Gasteiger partial charge is 0.491 e. The van der Waals surface area contributed by atoms with Crippen LogP contribution < -0.4 is 10.2 Å². The molecule has 0 N–H and O–H groups in total. The Morgan fingerprint density at radius 3 is 2.26 bits per heavy atom. The fourth-order valence-corrected chi connectivity index (χ4v) is 2.95. The standard InChI is InChI=1S/C14H19BF3O/c1-10-6-11(2)8-14(7-10)19-13-5-3-4-12(9-13)15(16,17)18/h3-5,9-11,14H,6-8H2,1-2H3/q-1. The molecule has 1 aromatic rings. The Labute approximate surface area is 112 Å². The average Bonchev–Trinajstić information content (AvgIpc) is 2.26. The van der Waals surface area contributed by atoms with E-state index in [1.165, 1.54) is 12.5 Å². The third kappa shape index (κ3) is 3.92. The van der Waals surface area contributed by atoms with E-state index in [1.54, 1.807) is 6.07 Å². The molecule has 0 spiro atoms. The Kier molecular flexibility index (Phi) is 4.12. The van der Waals surface area contributed by atoms with E-state index >= 15 is 0 Å². The Bertz CT molecular complexity index is 423. The number of rotatable bonds is 3. The van der Waals surface area contributed by atoms with E-state index in [2.05, 4.69) is 13.8 Å². The summed E-state index contributed by atoms with van der Waals surface area (Å²) < 4.78 is 43.8. The van der Waals surface area contributed by atoms with Crippen LogP contribution in [0.2, 0.25) is 0 Å².